The summed E-state index contributed by atoms with van der Waals surface area (Å²) in [4.78, 5) is 25.6. The number of hydrogen-bond acceptors (Lipinski definition) is 7. The van der Waals surface area contributed by atoms with Gasteiger partial charge in [-0.1, -0.05) is 0 Å². The van der Waals surface area contributed by atoms with Gasteiger partial charge in [-0.2, -0.15) is 0 Å². The van der Waals surface area contributed by atoms with E-state index in [1.807, 2.05) is 0 Å². The molecule has 0 aliphatic heterocycles. The number of benzene rings is 2. The van der Waals surface area contributed by atoms with Crippen LogP contribution in [-0.4, -0.2) is 31.3 Å². The second-order valence-electron chi connectivity index (χ2n) is 5.79. The smallest absolute Gasteiger partial charge is 0.299 e. The monoisotopic (exact) mass is 401 g/mol. The van der Waals surface area contributed by atoms with Crippen LogP contribution in [0, 0.1) is 10.1 Å². The Hall–Kier alpha value is -3.53. The molecule has 0 unspecified atom stereocenters. The first-order valence-electron chi connectivity index (χ1n) is 7.98. The third-order valence-electron chi connectivity index (χ3n) is 3.96. The number of methoxy groups -OCH3 is 1. The highest BCUT2D eigenvalue weighted by atomic mass is 32.2. The Morgan fingerprint density at radius 3 is 2.46 bits per heavy atom. The molecule has 0 bridgehead atoms. The predicted octanol–water partition coefficient (Wildman–Crippen LogP) is 2.94. The average molecular weight is 401 g/mol. The number of nitro groups is 1. The highest BCUT2D eigenvalue weighted by Crippen LogP contribution is 2.40. The molecule has 144 valence electrons. The second kappa shape index (κ2) is 7.24. The molecule has 3 rings (SSSR count). The Labute approximate surface area is 160 Å². The quantitative estimate of drug-likeness (QED) is 0.514. The van der Waals surface area contributed by atoms with E-state index in [1.54, 1.807) is 0 Å². The Kier molecular flexibility index (Phi) is 4.97. The van der Waals surface area contributed by atoms with Crippen molar-refractivity contribution in [3.63, 3.8) is 0 Å². The van der Waals surface area contributed by atoms with Crippen LogP contribution in [-0.2, 0) is 14.6 Å². The number of anilines is 1. The number of carbonyl (C=O) groups is 1. The maximum absolute atomic E-state index is 13.3. The van der Waals surface area contributed by atoms with Crippen LogP contribution in [0.15, 0.2) is 58.5 Å². The van der Waals surface area contributed by atoms with Gasteiger partial charge in [0.05, 0.1) is 23.0 Å². The predicted molar refractivity (Wildman–Crippen MR) is 101 cm³/mol. The van der Waals surface area contributed by atoms with Gasteiger partial charge in [-0.3, -0.25) is 14.9 Å². The first-order valence-corrected chi connectivity index (χ1v) is 9.47. The number of aromatic nitrogens is 1. The van der Waals surface area contributed by atoms with E-state index in [0.717, 1.165) is 6.07 Å². The van der Waals surface area contributed by atoms with Crippen LogP contribution < -0.4 is 10.1 Å². The molecule has 0 fully saturated rings. The lowest BCUT2D eigenvalue weighted by molar-refractivity contribution is -0.383. The van der Waals surface area contributed by atoms with Gasteiger partial charge in [-0.05, 0) is 36.4 Å². The number of ether oxygens (including phenoxy) is 1. The van der Waals surface area contributed by atoms with E-state index in [0.29, 0.717) is 5.69 Å². The Morgan fingerprint density at radius 1 is 1.21 bits per heavy atom. The number of amides is 1. The van der Waals surface area contributed by atoms with Gasteiger partial charge < -0.3 is 10.1 Å². The van der Waals surface area contributed by atoms with E-state index in [-0.39, 0.29) is 38.0 Å². The van der Waals surface area contributed by atoms with Gasteiger partial charge in [-0.25, -0.2) is 13.4 Å². The molecule has 28 heavy (non-hydrogen) atoms. The number of rotatable bonds is 5. The Bertz CT molecular complexity index is 1190. The van der Waals surface area contributed by atoms with Crippen molar-refractivity contribution in [1.82, 2.24) is 4.98 Å². The fourth-order valence-corrected chi connectivity index (χ4v) is 4.38. The molecular formula is C18H15N3O6S. The van der Waals surface area contributed by atoms with Gasteiger partial charge in [0.2, 0.25) is 15.7 Å². The summed E-state index contributed by atoms with van der Waals surface area (Å²) in [7, 11) is -2.86. The fourth-order valence-electron chi connectivity index (χ4n) is 2.79. The van der Waals surface area contributed by atoms with Crippen molar-refractivity contribution >= 4 is 38.0 Å². The van der Waals surface area contributed by atoms with E-state index in [1.165, 1.54) is 56.6 Å². The van der Waals surface area contributed by atoms with Gasteiger partial charge in [0, 0.05) is 24.2 Å². The lowest BCUT2D eigenvalue weighted by Crippen LogP contribution is -2.08. The fraction of sp³-hybridized carbons (Fsp3) is 0.111. The molecule has 1 heterocycles. The van der Waals surface area contributed by atoms with Crippen molar-refractivity contribution in [2.24, 2.45) is 0 Å². The van der Waals surface area contributed by atoms with Crippen LogP contribution in [0.3, 0.4) is 0 Å². The second-order valence-corrected chi connectivity index (χ2v) is 7.68. The minimum absolute atomic E-state index is 0.0539. The molecule has 9 nitrogen and oxygen atoms in total. The van der Waals surface area contributed by atoms with Crippen molar-refractivity contribution in [2.45, 2.75) is 16.7 Å². The summed E-state index contributed by atoms with van der Waals surface area (Å²) in [6.07, 6.45) is 1.35. The summed E-state index contributed by atoms with van der Waals surface area (Å²) in [6.45, 7) is 1.34. The van der Waals surface area contributed by atoms with E-state index in [2.05, 4.69) is 10.3 Å². The minimum Gasteiger partial charge on any atom is -0.495 e. The summed E-state index contributed by atoms with van der Waals surface area (Å²) < 4.78 is 31.7. The van der Waals surface area contributed by atoms with Crippen molar-refractivity contribution in [1.29, 1.82) is 0 Å². The molecule has 0 aliphatic rings. The standard InChI is InChI=1S/C18H15N3O6S/c1-11(22)20-12-5-7-13(8-6-12)28(25,26)18-14-4-3-9-19-17(14)15(21(23)24)10-16(18)27-2/h3-10H,1-2H3,(H,20,22). The number of pyridine rings is 1. The lowest BCUT2D eigenvalue weighted by atomic mass is 10.2. The summed E-state index contributed by atoms with van der Waals surface area (Å²) in [5.41, 5.74) is 0.0304. The summed E-state index contributed by atoms with van der Waals surface area (Å²) in [5, 5.41) is 14.0. The van der Waals surface area contributed by atoms with Crippen LogP contribution >= 0.6 is 0 Å². The number of fused-ring (bicyclic) bond motifs is 1. The molecule has 0 aliphatic carbocycles. The molecule has 0 radical (unpaired) electrons. The van der Waals surface area contributed by atoms with E-state index in [9.17, 15) is 23.3 Å². The highest BCUT2D eigenvalue weighted by molar-refractivity contribution is 7.91. The van der Waals surface area contributed by atoms with Crippen LogP contribution in [0.4, 0.5) is 11.4 Å². The average Bonchev–Trinajstić information content (AvgIpc) is 2.66. The maximum Gasteiger partial charge on any atom is 0.299 e. The van der Waals surface area contributed by atoms with Crippen LogP contribution in [0.25, 0.3) is 10.9 Å². The van der Waals surface area contributed by atoms with E-state index >= 15 is 0 Å². The molecule has 10 heteroatoms. The molecule has 3 aromatic rings. The maximum atomic E-state index is 13.3. The zero-order chi connectivity index (χ0) is 20.5. The number of hydrogen-bond donors (Lipinski definition) is 1. The largest absolute Gasteiger partial charge is 0.495 e. The van der Waals surface area contributed by atoms with Gasteiger partial charge in [0.15, 0.2) is 0 Å². The molecule has 0 saturated heterocycles. The van der Waals surface area contributed by atoms with Crippen molar-refractivity contribution in [3.05, 3.63) is 58.8 Å². The third-order valence-corrected chi connectivity index (χ3v) is 5.81. The lowest BCUT2D eigenvalue weighted by Gasteiger charge is -2.13. The number of non-ortho nitro benzene ring substituents is 1. The Morgan fingerprint density at radius 2 is 1.89 bits per heavy atom. The number of nitrogens with one attached hydrogen (secondary N) is 1. The van der Waals surface area contributed by atoms with E-state index in [4.69, 9.17) is 4.74 Å². The zero-order valence-electron chi connectivity index (χ0n) is 14.9. The SMILES string of the molecule is COc1cc([N+](=O)[O-])c2ncccc2c1S(=O)(=O)c1ccc(NC(C)=O)cc1. The van der Waals surface area contributed by atoms with Gasteiger partial charge in [0.25, 0.3) is 5.69 Å². The molecule has 0 spiro atoms. The molecule has 2 aromatic carbocycles. The number of sulfone groups is 1. The molecular weight excluding hydrogens is 386 g/mol. The van der Waals surface area contributed by atoms with Gasteiger partial charge in [0.1, 0.15) is 16.2 Å². The first-order chi connectivity index (χ1) is 13.3. The Balaban J connectivity index is 2.26. The molecule has 1 amide bonds. The number of nitro benzene ring substituents is 1. The van der Waals surface area contributed by atoms with Crippen LogP contribution in [0.1, 0.15) is 6.92 Å². The van der Waals surface area contributed by atoms with Gasteiger partial charge in [-0.15, -0.1) is 0 Å². The molecule has 1 N–H and O–H groups in total. The van der Waals surface area contributed by atoms with Crippen molar-refractivity contribution in [3.8, 4) is 5.75 Å². The topological polar surface area (TPSA) is 128 Å². The third kappa shape index (κ3) is 3.37. The minimum atomic E-state index is -4.10. The summed E-state index contributed by atoms with van der Waals surface area (Å²) in [6, 6.07) is 9.56. The summed E-state index contributed by atoms with van der Waals surface area (Å²) in [5.74, 6) is -0.442. The molecule has 0 atom stereocenters. The molecule has 0 saturated carbocycles. The zero-order valence-corrected chi connectivity index (χ0v) is 15.7. The van der Waals surface area contributed by atoms with Crippen molar-refractivity contribution < 1.29 is 22.9 Å². The highest BCUT2D eigenvalue weighted by Gasteiger charge is 2.29. The first kappa shape index (κ1) is 19.2. The van der Waals surface area contributed by atoms with Crippen LogP contribution in [0.5, 0.6) is 5.75 Å². The van der Waals surface area contributed by atoms with Gasteiger partial charge >= 0.3 is 0 Å². The molecule has 1 aromatic heterocycles. The normalized spacial score (nSPS) is 11.2. The van der Waals surface area contributed by atoms with E-state index < -0.39 is 14.8 Å². The summed E-state index contributed by atoms with van der Waals surface area (Å²) >= 11 is 0. The number of carbonyl (C=O) groups excluding carboxylic acids is 1. The van der Waals surface area contributed by atoms with Crippen molar-refractivity contribution in [2.75, 3.05) is 12.4 Å². The number of nitrogens with zero attached hydrogens (tertiary/aromatic N) is 2. The van der Waals surface area contributed by atoms with Crippen LogP contribution in [0.2, 0.25) is 0 Å².